The molecule has 0 heterocycles. The minimum atomic E-state index is -3.75. The van der Waals surface area contributed by atoms with Crippen molar-refractivity contribution in [2.75, 3.05) is 12.8 Å². The van der Waals surface area contributed by atoms with Crippen molar-refractivity contribution in [2.24, 2.45) is 0 Å². The Balaban J connectivity index is 2.96. The highest BCUT2D eigenvalue weighted by molar-refractivity contribution is 7.89. The molecule has 0 radical (unpaired) electrons. The van der Waals surface area contributed by atoms with E-state index >= 15 is 0 Å². The molecule has 0 aromatic heterocycles. The van der Waals surface area contributed by atoms with Gasteiger partial charge in [-0.3, -0.25) is 14.9 Å². The lowest BCUT2D eigenvalue weighted by molar-refractivity contribution is -0.384. The molecule has 0 amide bonds. The predicted molar refractivity (Wildman–Crippen MR) is 75.3 cm³/mol. The van der Waals surface area contributed by atoms with Gasteiger partial charge in [0.2, 0.25) is 10.0 Å². The molecule has 0 saturated carbocycles. The Morgan fingerprint density at radius 2 is 2.10 bits per heavy atom. The first-order chi connectivity index (χ1) is 9.65. The third kappa shape index (κ3) is 4.50. The van der Waals surface area contributed by atoms with Gasteiger partial charge in [-0.15, -0.1) is 0 Å². The summed E-state index contributed by atoms with van der Waals surface area (Å²) in [6.07, 6.45) is -0.492. The normalized spacial score (nSPS) is 13.1. The molecule has 0 aliphatic heterocycles. The molecule has 0 aliphatic carbocycles. The quantitative estimate of drug-likeness (QED) is 0.600. The summed E-state index contributed by atoms with van der Waals surface area (Å²) in [5, 5.41) is 19.3. The summed E-state index contributed by atoms with van der Waals surface area (Å²) >= 11 is 0. The van der Waals surface area contributed by atoms with E-state index in [0.29, 0.717) is 5.56 Å². The van der Waals surface area contributed by atoms with E-state index in [1.165, 1.54) is 25.2 Å². The first-order valence-corrected chi connectivity index (χ1v) is 7.68. The van der Waals surface area contributed by atoms with E-state index < -0.39 is 39.1 Å². The molecule has 116 valence electrons. The molecule has 8 nitrogen and oxygen atoms in total. The minimum Gasteiger partial charge on any atom is -0.481 e. The number of aliphatic carboxylic acids is 1. The van der Waals surface area contributed by atoms with E-state index in [2.05, 4.69) is 0 Å². The van der Waals surface area contributed by atoms with Crippen LogP contribution in [0.2, 0.25) is 0 Å². The Bertz CT molecular complexity index is 643. The van der Waals surface area contributed by atoms with E-state index in [1.54, 1.807) is 13.0 Å². The second kappa shape index (κ2) is 6.64. The first kappa shape index (κ1) is 17.1. The van der Waals surface area contributed by atoms with Crippen LogP contribution in [0.3, 0.4) is 0 Å². The first-order valence-electron chi connectivity index (χ1n) is 6.07. The lowest BCUT2D eigenvalue weighted by atomic mass is 10.1. The van der Waals surface area contributed by atoms with Crippen LogP contribution in [0.15, 0.2) is 24.3 Å². The number of benzene rings is 1. The number of nitrogens with zero attached hydrogens (tertiary/aromatic N) is 2. The number of carbonyl (C=O) groups is 1. The summed E-state index contributed by atoms with van der Waals surface area (Å²) in [5.74, 6) is -1.71. The molecule has 0 fully saturated rings. The van der Waals surface area contributed by atoms with Crippen LogP contribution in [0.1, 0.15) is 24.9 Å². The number of sulfonamides is 1. The van der Waals surface area contributed by atoms with Crippen LogP contribution in [0.25, 0.3) is 0 Å². The van der Waals surface area contributed by atoms with Crippen LogP contribution >= 0.6 is 0 Å². The zero-order chi connectivity index (χ0) is 16.2. The highest BCUT2D eigenvalue weighted by Crippen LogP contribution is 2.25. The van der Waals surface area contributed by atoms with E-state index in [4.69, 9.17) is 5.11 Å². The number of carboxylic acid groups (broad SMARTS) is 1. The van der Waals surface area contributed by atoms with Crippen LogP contribution in [0.5, 0.6) is 0 Å². The van der Waals surface area contributed by atoms with Gasteiger partial charge >= 0.3 is 5.97 Å². The Morgan fingerprint density at radius 1 is 1.48 bits per heavy atom. The van der Waals surface area contributed by atoms with Crippen LogP contribution in [0.4, 0.5) is 5.69 Å². The smallest absolute Gasteiger partial charge is 0.304 e. The summed E-state index contributed by atoms with van der Waals surface area (Å²) in [4.78, 5) is 20.6. The van der Waals surface area contributed by atoms with Gasteiger partial charge in [0.15, 0.2) is 0 Å². The highest BCUT2D eigenvalue weighted by Gasteiger charge is 2.25. The summed E-state index contributed by atoms with van der Waals surface area (Å²) in [7, 11) is -2.43. The maximum Gasteiger partial charge on any atom is 0.304 e. The highest BCUT2D eigenvalue weighted by atomic mass is 32.2. The fraction of sp³-hybridized carbons (Fsp3) is 0.417. The van der Waals surface area contributed by atoms with Gasteiger partial charge < -0.3 is 5.11 Å². The molecule has 0 spiro atoms. The van der Waals surface area contributed by atoms with Gasteiger partial charge in [0.25, 0.3) is 5.69 Å². The number of rotatable bonds is 7. The van der Waals surface area contributed by atoms with Crippen molar-refractivity contribution in [1.29, 1.82) is 0 Å². The molecule has 1 N–H and O–H groups in total. The van der Waals surface area contributed by atoms with Crippen molar-refractivity contribution in [1.82, 2.24) is 4.31 Å². The van der Waals surface area contributed by atoms with Crippen LogP contribution < -0.4 is 0 Å². The molecule has 1 unspecified atom stereocenters. The number of nitro benzene ring substituents is 1. The van der Waals surface area contributed by atoms with Gasteiger partial charge in [-0.05, 0) is 12.5 Å². The molecular weight excluding hydrogens is 300 g/mol. The van der Waals surface area contributed by atoms with E-state index in [1.807, 2.05) is 0 Å². The van der Waals surface area contributed by atoms with Gasteiger partial charge in [0.05, 0.1) is 17.1 Å². The number of hydrogen-bond donors (Lipinski definition) is 1. The molecule has 1 aromatic carbocycles. The van der Waals surface area contributed by atoms with Gasteiger partial charge in [-0.25, -0.2) is 8.42 Å². The fourth-order valence-corrected chi connectivity index (χ4v) is 3.03. The molecule has 1 aromatic rings. The molecule has 1 rings (SSSR count). The predicted octanol–water partition coefficient (Wildman–Crippen LogP) is 1.39. The minimum absolute atomic E-state index is 0.129. The monoisotopic (exact) mass is 316 g/mol. The standard InChI is InChI=1S/C12H16N2O6S/c1-9(10-4-3-5-11(8-10)14(17)18)13(2)21(19,20)7-6-12(15)16/h3-5,8-9H,6-7H2,1-2H3,(H,15,16). The van der Waals surface area contributed by atoms with Crippen molar-refractivity contribution in [3.05, 3.63) is 39.9 Å². The lowest BCUT2D eigenvalue weighted by Crippen LogP contribution is -2.32. The molecule has 1 atom stereocenters. The Labute approximate surface area is 122 Å². The topological polar surface area (TPSA) is 118 Å². The number of carboxylic acids is 1. The molecule has 9 heteroatoms. The number of nitro groups is 1. The molecule has 21 heavy (non-hydrogen) atoms. The molecule has 0 aliphatic rings. The van der Waals surface area contributed by atoms with Crippen molar-refractivity contribution in [3.63, 3.8) is 0 Å². The third-order valence-electron chi connectivity index (χ3n) is 3.12. The van der Waals surface area contributed by atoms with Gasteiger partial charge in [0, 0.05) is 25.2 Å². The second-order valence-electron chi connectivity index (χ2n) is 4.50. The largest absolute Gasteiger partial charge is 0.481 e. The Morgan fingerprint density at radius 3 is 2.62 bits per heavy atom. The average Bonchev–Trinajstić information content (AvgIpc) is 2.43. The molecular formula is C12H16N2O6S. The zero-order valence-electron chi connectivity index (χ0n) is 11.6. The molecule has 0 bridgehead atoms. The Hall–Kier alpha value is -2.00. The zero-order valence-corrected chi connectivity index (χ0v) is 12.4. The van der Waals surface area contributed by atoms with Crippen molar-refractivity contribution < 1.29 is 23.2 Å². The van der Waals surface area contributed by atoms with Gasteiger partial charge in [-0.1, -0.05) is 12.1 Å². The van der Waals surface area contributed by atoms with E-state index in [0.717, 1.165) is 4.31 Å². The van der Waals surface area contributed by atoms with E-state index in [9.17, 15) is 23.3 Å². The second-order valence-corrected chi connectivity index (χ2v) is 6.65. The SMILES string of the molecule is CC(c1cccc([N+](=O)[O-])c1)N(C)S(=O)(=O)CCC(=O)O. The average molecular weight is 316 g/mol. The lowest BCUT2D eigenvalue weighted by Gasteiger charge is -2.24. The van der Waals surface area contributed by atoms with E-state index in [-0.39, 0.29) is 5.69 Å². The maximum absolute atomic E-state index is 12.0. The fourth-order valence-electron chi connectivity index (χ4n) is 1.71. The van der Waals surface area contributed by atoms with Crippen LogP contribution in [0, 0.1) is 10.1 Å². The number of non-ortho nitro benzene ring substituents is 1. The van der Waals surface area contributed by atoms with Crippen LogP contribution in [-0.2, 0) is 14.8 Å². The summed E-state index contributed by atoms with van der Waals surface area (Å²) in [6.45, 7) is 1.58. The summed E-state index contributed by atoms with van der Waals surface area (Å²) in [6, 6.07) is 5.04. The van der Waals surface area contributed by atoms with Crippen molar-refractivity contribution in [2.45, 2.75) is 19.4 Å². The van der Waals surface area contributed by atoms with Crippen molar-refractivity contribution in [3.8, 4) is 0 Å². The molecule has 0 saturated heterocycles. The number of hydrogen-bond acceptors (Lipinski definition) is 5. The third-order valence-corrected chi connectivity index (χ3v) is 5.04. The Kier molecular flexibility index (Phi) is 5.39. The van der Waals surface area contributed by atoms with Crippen molar-refractivity contribution >= 4 is 21.7 Å². The van der Waals surface area contributed by atoms with Crippen LogP contribution in [-0.4, -0.2) is 41.5 Å². The summed E-state index contributed by atoms with van der Waals surface area (Å²) in [5.41, 5.74) is 0.335. The van der Waals surface area contributed by atoms with Gasteiger partial charge in [-0.2, -0.15) is 4.31 Å². The van der Waals surface area contributed by atoms with Gasteiger partial charge in [0.1, 0.15) is 0 Å². The summed E-state index contributed by atoms with van der Waals surface area (Å²) < 4.78 is 25.0. The maximum atomic E-state index is 12.0.